The summed E-state index contributed by atoms with van der Waals surface area (Å²) in [7, 11) is -9.28. The van der Waals surface area contributed by atoms with Gasteiger partial charge in [-0.05, 0) is 144 Å². The third kappa shape index (κ3) is 5.30. The van der Waals surface area contributed by atoms with E-state index in [0.29, 0.717) is 27.4 Å². The summed E-state index contributed by atoms with van der Waals surface area (Å²) < 4.78 is 151. The van der Waals surface area contributed by atoms with Crippen molar-refractivity contribution in [3.05, 3.63) is 168 Å². The Labute approximate surface area is 377 Å². The van der Waals surface area contributed by atoms with E-state index in [1.807, 2.05) is 61.5 Å². The van der Waals surface area contributed by atoms with Crippen molar-refractivity contribution in [1.82, 2.24) is 0 Å². The van der Waals surface area contributed by atoms with Gasteiger partial charge in [0.05, 0.1) is 0 Å². The van der Waals surface area contributed by atoms with E-state index in [4.69, 9.17) is 21.8 Å². The van der Waals surface area contributed by atoms with Gasteiger partial charge in [-0.25, -0.2) is 0 Å². The lowest BCUT2D eigenvalue weighted by atomic mass is 9.80. The molecule has 8 aromatic rings. The van der Waals surface area contributed by atoms with Crippen molar-refractivity contribution in [2.75, 3.05) is 0 Å². The van der Waals surface area contributed by atoms with Crippen LogP contribution in [0.15, 0.2) is 146 Å². The second kappa shape index (κ2) is 13.1. The molecule has 0 bridgehead atoms. The number of aryl methyl sites for hydroxylation is 4. The molecule has 1 aliphatic carbocycles. The average Bonchev–Trinajstić information content (AvgIpc) is 3.38. The van der Waals surface area contributed by atoms with E-state index < -0.39 is 60.4 Å². The molecule has 2 heterocycles. The van der Waals surface area contributed by atoms with Gasteiger partial charge in [-0.2, -0.15) is 0 Å². The van der Waals surface area contributed by atoms with Gasteiger partial charge in [0.15, 0.2) is 0 Å². The number of benzene rings is 8. The first-order chi connectivity index (χ1) is 35.1. The Kier molecular flexibility index (Phi) is 5.29. The fourth-order valence-electron chi connectivity index (χ4n) is 9.61. The summed E-state index contributed by atoms with van der Waals surface area (Å²) >= 11 is 0. The molecule has 60 heavy (non-hydrogen) atoms. The predicted octanol–water partition coefficient (Wildman–Crippen LogP) is 13.1. The maximum absolute atomic E-state index is 9.46. The summed E-state index contributed by atoms with van der Waals surface area (Å²) in [5, 5.41) is 0.210. The van der Waals surface area contributed by atoms with Crippen LogP contribution in [0.4, 0.5) is 0 Å². The molecule has 0 saturated heterocycles. The minimum absolute atomic E-state index is 0.0366. The summed E-state index contributed by atoms with van der Waals surface area (Å²) in [6.45, 7) is -10.0. The van der Waals surface area contributed by atoms with Crippen LogP contribution in [0.5, 0.6) is 23.0 Å². The quantitative estimate of drug-likeness (QED) is 0.162. The van der Waals surface area contributed by atoms with Crippen molar-refractivity contribution >= 4 is 36.9 Å². The molecule has 292 valence electrons. The highest BCUT2D eigenvalue weighted by Crippen LogP contribution is 2.50. The molecule has 1 atom stereocenters. The molecule has 2 aliphatic heterocycles. The Balaban J connectivity index is 1.21. The van der Waals surface area contributed by atoms with Crippen LogP contribution < -0.4 is 30.2 Å². The van der Waals surface area contributed by atoms with Crippen molar-refractivity contribution < 1.29 is 30.0 Å². The van der Waals surface area contributed by atoms with Gasteiger partial charge in [-0.15, -0.1) is 0 Å². The van der Waals surface area contributed by atoms with Crippen LogP contribution in [0.2, 0.25) is 26.0 Å². The van der Waals surface area contributed by atoms with E-state index >= 15 is 0 Å². The van der Waals surface area contributed by atoms with Crippen LogP contribution in [0.1, 0.15) is 42.8 Å². The molecule has 0 N–H and O–H groups in total. The highest BCUT2D eigenvalue weighted by Gasteiger charge is 2.41. The third-order valence-corrected chi connectivity index (χ3v) is 18.0. The Morgan fingerprint density at radius 1 is 0.400 bits per heavy atom. The zero-order valence-electron chi connectivity index (χ0n) is 48.2. The van der Waals surface area contributed by atoms with E-state index in [-0.39, 0.29) is 49.7 Å². The van der Waals surface area contributed by atoms with E-state index in [9.17, 15) is 8.22 Å². The smallest absolute Gasteiger partial charge is 0.135 e. The van der Waals surface area contributed by atoms with E-state index in [2.05, 4.69) is 36.4 Å². The number of rotatable bonds is 2. The van der Waals surface area contributed by atoms with Gasteiger partial charge in [0.2, 0.25) is 0 Å². The lowest BCUT2D eigenvalue weighted by Gasteiger charge is -2.37. The van der Waals surface area contributed by atoms with Crippen molar-refractivity contribution in [2.45, 2.75) is 53.5 Å². The third-order valence-electron chi connectivity index (χ3n) is 12.6. The molecule has 2 nitrogen and oxygen atoms in total. The molecule has 3 aliphatic rings. The van der Waals surface area contributed by atoms with Gasteiger partial charge in [0.1, 0.15) is 39.1 Å². The highest BCUT2D eigenvalue weighted by molar-refractivity contribution is 7.02. The van der Waals surface area contributed by atoms with Crippen LogP contribution in [0.3, 0.4) is 0 Å². The van der Waals surface area contributed by atoms with Crippen LogP contribution in [0.25, 0.3) is 66.8 Å². The Bertz CT molecular complexity index is 3700. The number of hydrogen-bond acceptors (Lipinski definition) is 2. The Hall–Kier alpha value is -6.21. The van der Waals surface area contributed by atoms with Gasteiger partial charge in [-0.3, -0.25) is 0 Å². The zero-order chi connectivity index (χ0) is 53.7. The van der Waals surface area contributed by atoms with Gasteiger partial charge in [0.25, 0.3) is 0 Å². The van der Waals surface area contributed by atoms with Gasteiger partial charge in [-0.1, -0.05) is 153 Å². The maximum Gasteiger partial charge on any atom is 0.135 e. The fourth-order valence-corrected chi connectivity index (χ4v) is 14.0. The van der Waals surface area contributed by atoms with Crippen LogP contribution in [-0.4, -0.2) is 16.1 Å². The SMILES string of the molecule is [2H]C([2H])([2H])c1cc2c(cc1-c1c(C([2H])([2H])[2H])ccc3c1Oc1cc(C)ccc1[Si]3(C)C([2H])([2H])[2H])[Si](C([2H])([2H])[2H])(C([2H])([2H])[2H])c1ccc(C)c(-c3ccc4c(c3)-c3ccccc3-c3ccccc3-c3ccccc3-4)c1O2. The predicted molar refractivity (Wildman–Crippen MR) is 258 cm³/mol. The van der Waals surface area contributed by atoms with Gasteiger partial charge in [0, 0.05) is 31.7 Å². The summed E-state index contributed by atoms with van der Waals surface area (Å²) in [5.41, 5.74) is 8.64. The second-order valence-electron chi connectivity index (χ2n) is 16.4. The molecule has 0 spiro atoms. The van der Waals surface area contributed by atoms with Crippen molar-refractivity contribution in [1.29, 1.82) is 0 Å². The van der Waals surface area contributed by atoms with Crippen molar-refractivity contribution in [3.63, 3.8) is 0 Å². The molecule has 0 radical (unpaired) electrons. The standard InChI is InChI=1S/C56H48O2Si2/c1-33-21-26-49-47(29-33)57-56-51(59(49,5)6)28-23-35(3)54(56)45-32-52-48(30-36(45)4)58-55-50(60(52,7)8)27-22-34(2)53(55)37-24-25-44-42-19-12-11-17-40(42)38-15-9-10-16-39(38)41-18-13-14-20-43(41)46(44)31-37/h9-32H,1-8H3/i3D3,4D3,5D3,7D3,8D3. The Morgan fingerprint density at radius 2 is 0.917 bits per heavy atom. The van der Waals surface area contributed by atoms with Crippen LogP contribution in [-0.2, 0) is 0 Å². The maximum atomic E-state index is 9.46. The van der Waals surface area contributed by atoms with Crippen molar-refractivity contribution in [2.24, 2.45) is 0 Å². The van der Waals surface area contributed by atoms with E-state index in [1.165, 1.54) is 24.3 Å². The Morgan fingerprint density at radius 3 is 1.52 bits per heavy atom. The molecular formula is C56H48O2Si2. The zero-order valence-corrected chi connectivity index (χ0v) is 35.2. The number of ether oxygens (including phenoxy) is 2. The molecule has 0 fully saturated rings. The minimum atomic E-state index is -5.34. The van der Waals surface area contributed by atoms with Crippen molar-refractivity contribution in [3.8, 4) is 89.8 Å². The largest absolute Gasteiger partial charge is 0.457 e. The normalized spacial score (nSPS) is 20.9. The molecule has 0 aromatic heterocycles. The topological polar surface area (TPSA) is 18.5 Å². The second-order valence-corrected chi connectivity index (χ2v) is 22.3. The average molecular weight is 824 g/mol. The van der Waals surface area contributed by atoms with E-state index in [1.54, 1.807) is 37.7 Å². The molecule has 8 aromatic carbocycles. The van der Waals surface area contributed by atoms with E-state index in [0.717, 1.165) is 50.6 Å². The summed E-state index contributed by atoms with van der Waals surface area (Å²) in [6, 6.07) is 43.6. The molecule has 1 unspecified atom stereocenters. The molecule has 0 saturated carbocycles. The minimum Gasteiger partial charge on any atom is -0.457 e. The molecular weight excluding hydrogens is 761 g/mol. The van der Waals surface area contributed by atoms with Gasteiger partial charge < -0.3 is 9.47 Å². The summed E-state index contributed by atoms with van der Waals surface area (Å²) in [6.07, 6.45) is 0. The molecule has 11 rings (SSSR count). The summed E-state index contributed by atoms with van der Waals surface area (Å²) in [4.78, 5) is 0. The first-order valence-electron chi connectivity index (χ1n) is 27.5. The first-order valence-corrected chi connectivity index (χ1v) is 24.5. The van der Waals surface area contributed by atoms with Crippen LogP contribution >= 0.6 is 0 Å². The number of hydrogen-bond donors (Lipinski definition) is 0. The summed E-state index contributed by atoms with van der Waals surface area (Å²) in [5.74, 6) is -0.390. The number of fused-ring (bicyclic) bond motifs is 12. The molecule has 4 heteroatoms. The van der Waals surface area contributed by atoms with Gasteiger partial charge >= 0.3 is 0 Å². The molecule has 0 amide bonds. The lowest BCUT2D eigenvalue weighted by Crippen LogP contribution is -2.56. The monoisotopic (exact) mass is 823 g/mol. The fraction of sp³-hybridized carbons (Fsp3) is 0.143. The highest BCUT2D eigenvalue weighted by atomic mass is 28.3. The van der Waals surface area contributed by atoms with Crippen LogP contribution in [0, 0.1) is 27.6 Å². The first kappa shape index (κ1) is 24.1. The lowest BCUT2D eigenvalue weighted by molar-refractivity contribution is 0.486.